The third kappa shape index (κ3) is 3.97. The number of ether oxygens (including phenoxy) is 1. The molecule has 2 heteroatoms. The van der Waals surface area contributed by atoms with E-state index in [9.17, 15) is 0 Å². The molecule has 2 rings (SSSR count). The van der Waals surface area contributed by atoms with Crippen molar-refractivity contribution in [3.05, 3.63) is 29.8 Å². The van der Waals surface area contributed by atoms with E-state index in [1.54, 1.807) is 7.11 Å². The van der Waals surface area contributed by atoms with Gasteiger partial charge in [0.15, 0.2) is 0 Å². The van der Waals surface area contributed by atoms with Gasteiger partial charge in [-0.3, -0.25) is 0 Å². The maximum atomic E-state index is 5.45. The van der Waals surface area contributed by atoms with Crippen molar-refractivity contribution in [1.29, 1.82) is 0 Å². The van der Waals surface area contributed by atoms with Crippen LogP contribution < -0.4 is 10.1 Å². The summed E-state index contributed by atoms with van der Waals surface area (Å²) < 4.78 is 5.45. The molecule has 19 heavy (non-hydrogen) atoms. The molecule has 0 bridgehead atoms. The highest BCUT2D eigenvalue weighted by Gasteiger charge is 2.30. The van der Waals surface area contributed by atoms with Crippen molar-refractivity contribution in [1.82, 2.24) is 5.32 Å². The summed E-state index contributed by atoms with van der Waals surface area (Å²) in [5.74, 6) is 3.47. The first kappa shape index (κ1) is 14.4. The Morgan fingerprint density at radius 3 is 2.58 bits per heavy atom. The van der Waals surface area contributed by atoms with Crippen molar-refractivity contribution in [2.24, 2.45) is 17.8 Å². The second-order valence-corrected chi connectivity index (χ2v) is 6.17. The van der Waals surface area contributed by atoms with Gasteiger partial charge in [0.2, 0.25) is 0 Å². The minimum Gasteiger partial charge on any atom is -0.496 e. The number of hydrogen-bond donors (Lipinski definition) is 1. The van der Waals surface area contributed by atoms with E-state index in [-0.39, 0.29) is 0 Å². The van der Waals surface area contributed by atoms with Crippen LogP contribution in [0, 0.1) is 17.8 Å². The molecule has 2 unspecified atom stereocenters. The van der Waals surface area contributed by atoms with Gasteiger partial charge in [0, 0.05) is 0 Å². The number of nitrogens with one attached hydrogen (secondary N) is 1. The van der Waals surface area contributed by atoms with Gasteiger partial charge in [-0.25, -0.2) is 0 Å². The van der Waals surface area contributed by atoms with Gasteiger partial charge in [-0.1, -0.05) is 32.0 Å². The SMILES string of the molecule is COc1ccccc1CC1CCC1CNCC(C)C. The van der Waals surface area contributed by atoms with E-state index in [4.69, 9.17) is 4.74 Å². The number of benzene rings is 1. The maximum Gasteiger partial charge on any atom is 0.122 e. The fourth-order valence-corrected chi connectivity index (χ4v) is 2.89. The predicted octanol–water partition coefficient (Wildman–Crippen LogP) is 3.51. The Labute approximate surface area is 117 Å². The molecule has 0 heterocycles. The molecule has 1 N–H and O–H groups in total. The fraction of sp³-hybridized carbons (Fsp3) is 0.647. The molecule has 106 valence electrons. The first-order chi connectivity index (χ1) is 9.20. The van der Waals surface area contributed by atoms with Gasteiger partial charge < -0.3 is 10.1 Å². The lowest BCUT2D eigenvalue weighted by molar-refractivity contribution is 0.168. The lowest BCUT2D eigenvalue weighted by Gasteiger charge is -2.37. The zero-order valence-corrected chi connectivity index (χ0v) is 12.5. The summed E-state index contributed by atoms with van der Waals surface area (Å²) in [5.41, 5.74) is 1.36. The van der Waals surface area contributed by atoms with Crippen LogP contribution in [-0.2, 0) is 6.42 Å². The number of rotatable bonds is 7. The number of hydrogen-bond acceptors (Lipinski definition) is 2. The van der Waals surface area contributed by atoms with Crippen LogP contribution in [0.25, 0.3) is 0 Å². The molecule has 0 saturated heterocycles. The highest BCUT2D eigenvalue weighted by molar-refractivity contribution is 5.33. The Kier molecular flexibility index (Phi) is 5.26. The molecule has 1 fully saturated rings. The predicted molar refractivity (Wildman–Crippen MR) is 80.6 cm³/mol. The van der Waals surface area contributed by atoms with Gasteiger partial charge in [-0.2, -0.15) is 0 Å². The lowest BCUT2D eigenvalue weighted by Crippen LogP contribution is -2.37. The quantitative estimate of drug-likeness (QED) is 0.811. The van der Waals surface area contributed by atoms with Crippen LogP contribution in [0.5, 0.6) is 5.75 Å². The van der Waals surface area contributed by atoms with Crippen molar-refractivity contribution < 1.29 is 4.74 Å². The Balaban J connectivity index is 1.82. The molecule has 1 saturated carbocycles. The highest BCUT2D eigenvalue weighted by atomic mass is 16.5. The summed E-state index contributed by atoms with van der Waals surface area (Å²) in [4.78, 5) is 0. The fourth-order valence-electron chi connectivity index (χ4n) is 2.89. The molecular weight excluding hydrogens is 234 g/mol. The van der Waals surface area contributed by atoms with E-state index in [0.717, 1.165) is 36.5 Å². The van der Waals surface area contributed by atoms with E-state index in [1.807, 2.05) is 6.07 Å². The second-order valence-electron chi connectivity index (χ2n) is 6.17. The first-order valence-electron chi connectivity index (χ1n) is 7.53. The Bertz CT molecular complexity index is 389. The molecule has 0 aliphatic heterocycles. The van der Waals surface area contributed by atoms with Crippen LogP contribution >= 0.6 is 0 Å². The Hall–Kier alpha value is -1.02. The summed E-state index contributed by atoms with van der Waals surface area (Å²) in [5, 5.41) is 3.60. The van der Waals surface area contributed by atoms with Crippen LogP contribution in [0.15, 0.2) is 24.3 Å². The van der Waals surface area contributed by atoms with Gasteiger partial charge in [0.25, 0.3) is 0 Å². The molecule has 0 spiro atoms. The molecule has 0 aromatic heterocycles. The highest BCUT2D eigenvalue weighted by Crippen LogP contribution is 2.37. The van der Waals surface area contributed by atoms with E-state index in [1.165, 1.54) is 24.9 Å². The maximum absolute atomic E-state index is 5.45. The van der Waals surface area contributed by atoms with E-state index in [2.05, 4.69) is 37.4 Å². The molecule has 0 radical (unpaired) electrons. The van der Waals surface area contributed by atoms with Crippen molar-refractivity contribution in [2.45, 2.75) is 33.1 Å². The van der Waals surface area contributed by atoms with Crippen LogP contribution in [0.3, 0.4) is 0 Å². The number of methoxy groups -OCH3 is 1. The minimum absolute atomic E-state index is 0.743. The topological polar surface area (TPSA) is 21.3 Å². The molecule has 1 aromatic rings. The van der Waals surface area contributed by atoms with Gasteiger partial charge in [-0.15, -0.1) is 0 Å². The van der Waals surface area contributed by atoms with Crippen molar-refractivity contribution in [3.8, 4) is 5.75 Å². The Morgan fingerprint density at radius 1 is 1.21 bits per heavy atom. The van der Waals surface area contributed by atoms with Gasteiger partial charge in [-0.05, 0) is 61.7 Å². The van der Waals surface area contributed by atoms with Gasteiger partial charge in [0.1, 0.15) is 5.75 Å². The summed E-state index contributed by atoms with van der Waals surface area (Å²) in [6.07, 6.45) is 3.91. The normalized spacial score (nSPS) is 22.3. The third-order valence-corrected chi connectivity index (χ3v) is 4.21. The van der Waals surface area contributed by atoms with Crippen molar-refractivity contribution in [2.75, 3.05) is 20.2 Å². The van der Waals surface area contributed by atoms with Crippen molar-refractivity contribution >= 4 is 0 Å². The molecule has 1 aliphatic carbocycles. The molecule has 2 atom stereocenters. The largest absolute Gasteiger partial charge is 0.496 e. The van der Waals surface area contributed by atoms with Crippen LogP contribution in [0.4, 0.5) is 0 Å². The van der Waals surface area contributed by atoms with Crippen LogP contribution in [0.1, 0.15) is 32.3 Å². The molecule has 1 aromatic carbocycles. The van der Waals surface area contributed by atoms with Gasteiger partial charge >= 0.3 is 0 Å². The van der Waals surface area contributed by atoms with E-state index >= 15 is 0 Å². The van der Waals surface area contributed by atoms with Crippen molar-refractivity contribution in [3.63, 3.8) is 0 Å². The minimum atomic E-state index is 0.743. The average molecular weight is 261 g/mol. The van der Waals surface area contributed by atoms with E-state index in [0.29, 0.717) is 0 Å². The monoisotopic (exact) mass is 261 g/mol. The molecule has 0 amide bonds. The Morgan fingerprint density at radius 2 is 1.95 bits per heavy atom. The van der Waals surface area contributed by atoms with Crippen LogP contribution in [0.2, 0.25) is 0 Å². The van der Waals surface area contributed by atoms with E-state index < -0.39 is 0 Å². The smallest absolute Gasteiger partial charge is 0.122 e. The average Bonchev–Trinajstić information content (AvgIpc) is 2.39. The molecular formula is C17H27NO. The summed E-state index contributed by atoms with van der Waals surface area (Å²) in [6, 6.07) is 8.43. The molecule has 1 aliphatic rings. The summed E-state index contributed by atoms with van der Waals surface area (Å²) in [7, 11) is 1.77. The standard InChI is InChI=1S/C17H27NO/c1-13(2)11-18-12-16-9-8-14(16)10-15-6-4-5-7-17(15)19-3/h4-7,13-14,16,18H,8-12H2,1-3H3. The zero-order chi connectivity index (χ0) is 13.7. The van der Waals surface area contributed by atoms with Gasteiger partial charge in [0.05, 0.1) is 7.11 Å². The molecule has 2 nitrogen and oxygen atoms in total. The lowest BCUT2D eigenvalue weighted by atomic mass is 9.70. The summed E-state index contributed by atoms with van der Waals surface area (Å²) >= 11 is 0. The second kappa shape index (κ2) is 6.95. The zero-order valence-electron chi connectivity index (χ0n) is 12.5. The van der Waals surface area contributed by atoms with Crippen LogP contribution in [-0.4, -0.2) is 20.2 Å². The first-order valence-corrected chi connectivity index (χ1v) is 7.53. The summed E-state index contributed by atoms with van der Waals surface area (Å²) in [6.45, 7) is 6.84. The number of para-hydroxylation sites is 1. The third-order valence-electron chi connectivity index (χ3n) is 4.21.